The number of rotatable bonds is 15. The highest BCUT2D eigenvalue weighted by atomic mass is 19.1. The number of carbonyl (C=O) groups is 1. The summed E-state index contributed by atoms with van der Waals surface area (Å²) in [4.78, 5) is 15.6. The fourth-order valence-electron chi connectivity index (χ4n) is 5.47. The maximum absolute atomic E-state index is 15.7. The van der Waals surface area contributed by atoms with E-state index in [1.54, 1.807) is 0 Å². The Balaban J connectivity index is 1.42. The molecule has 0 spiro atoms. The lowest BCUT2D eigenvalue weighted by molar-refractivity contribution is -0.142. The molecule has 0 saturated carbocycles. The van der Waals surface area contributed by atoms with Gasteiger partial charge in [-0.2, -0.15) is 0 Å². The van der Waals surface area contributed by atoms with Crippen LogP contribution in [0.15, 0.2) is 36.4 Å². The zero-order valence-electron chi connectivity index (χ0n) is 23.9. The van der Waals surface area contributed by atoms with Crippen LogP contribution in [0.2, 0.25) is 0 Å². The van der Waals surface area contributed by atoms with Crippen molar-refractivity contribution < 1.29 is 37.3 Å². The van der Waals surface area contributed by atoms with E-state index in [4.69, 9.17) is 19.3 Å². The number of hydrogen-bond donors (Lipinski definition) is 2. The number of alkyl halides is 1. The smallest absolute Gasteiger partial charge is 0.329 e. The number of aromatic nitrogens is 1. The van der Waals surface area contributed by atoms with Crippen molar-refractivity contribution in [3.05, 3.63) is 64.9 Å². The standard InChI is InChI=1S/C31H39F3N2O5/c1-20-15-23-22-9-5-6-10-26(22)35-29(23)30(36(20)19-31(2,3)34)28-24(32)16-21(17-25(28)33)41-14-13-39-11-7-4-8-12-40-18-27(37)38/h5-6,9-10,16-17,20,30,35H,4,7-8,11-15,18-19H2,1-3H3,(H,37,38)/t20-,30-/m1/s1. The molecule has 0 radical (unpaired) electrons. The largest absolute Gasteiger partial charge is 0.491 e. The average molecular weight is 577 g/mol. The van der Waals surface area contributed by atoms with E-state index >= 15 is 8.78 Å². The molecule has 2 atom stereocenters. The highest BCUT2D eigenvalue weighted by Gasteiger charge is 2.41. The molecule has 7 nitrogen and oxygen atoms in total. The van der Waals surface area contributed by atoms with Gasteiger partial charge in [0.1, 0.15) is 36.3 Å². The van der Waals surface area contributed by atoms with Crippen LogP contribution in [-0.4, -0.2) is 72.2 Å². The fourth-order valence-corrected chi connectivity index (χ4v) is 5.47. The fraction of sp³-hybridized carbons (Fsp3) is 0.516. The van der Waals surface area contributed by atoms with Crippen LogP contribution in [0.5, 0.6) is 5.75 Å². The van der Waals surface area contributed by atoms with Gasteiger partial charge in [0, 0.05) is 60.1 Å². The van der Waals surface area contributed by atoms with Crippen molar-refractivity contribution >= 4 is 16.9 Å². The number of halogens is 3. The molecule has 41 heavy (non-hydrogen) atoms. The number of carboxylic acid groups (broad SMARTS) is 1. The molecule has 2 aromatic carbocycles. The van der Waals surface area contributed by atoms with Gasteiger partial charge in [-0.3, -0.25) is 4.90 Å². The predicted octanol–water partition coefficient (Wildman–Crippen LogP) is 6.20. The van der Waals surface area contributed by atoms with E-state index in [1.807, 2.05) is 36.1 Å². The van der Waals surface area contributed by atoms with Crippen molar-refractivity contribution in [3.8, 4) is 5.75 Å². The molecule has 2 heterocycles. The van der Waals surface area contributed by atoms with Crippen molar-refractivity contribution in [1.82, 2.24) is 9.88 Å². The first-order valence-electron chi connectivity index (χ1n) is 14.1. The van der Waals surface area contributed by atoms with Gasteiger partial charge in [-0.05, 0) is 58.1 Å². The van der Waals surface area contributed by atoms with Crippen molar-refractivity contribution in [3.63, 3.8) is 0 Å². The molecule has 4 rings (SSSR count). The van der Waals surface area contributed by atoms with Crippen LogP contribution in [-0.2, 0) is 20.7 Å². The van der Waals surface area contributed by atoms with E-state index in [-0.39, 0.29) is 43.7 Å². The average Bonchev–Trinajstić information content (AvgIpc) is 3.25. The van der Waals surface area contributed by atoms with Gasteiger partial charge in [0.05, 0.1) is 12.6 Å². The van der Waals surface area contributed by atoms with Crippen molar-refractivity contribution in [2.45, 2.75) is 64.2 Å². The minimum absolute atomic E-state index is 0.0114. The monoisotopic (exact) mass is 576 g/mol. The molecule has 2 N–H and O–H groups in total. The van der Waals surface area contributed by atoms with Gasteiger partial charge < -0.3 is 24.3 Å². The summed E-state index contributed by atoms with van der Waals surface area (Å²) < 4.78 is 62.4. The van der Waals surface area contributed by atoms with E-state index < -0.39 is 29.3 Å². The van der Waals surface area contributed by atoms with Crippen LogP contribution in [0.25, 0.3) is 10.9 Å². The molecule has 1 aliphatic heterocycles. The number of unbranched alkanes of at least 4 members (excludes halogenated alkanes) is 2. The first-order chi connectivity index (χ1) is 19.5. The van der Waals surface area contributed by atoms with Crippen LogP contribution >= 0.6 is 0 Å². The second kappa shape index (κ2) is 13.7. The summed E-state index contributed by atoms with van der Waals surface area (Å²) in [7, 11) is 0. The summed E-state index contributed by atoms with van der Waals surface area (Å²) in [5.41, 5.74) is 0.852. The number of nitrogens with one attached hydrogen (secondary N) is 1. The van der Waals surface area contributed by atoms with Gasteiger partial charge >= 0.3 is 5.97 Å². The van der Waals surface area contributed by atoms with E-state index in [9.17, 15) is 9.18 Å². The van der Waals surface area contributed by atoms with Crippen LogP contribution in [0, 0.1) is 11.6 Å². The van der Waals surface area contributed by atoms with Crippen molar-refractivity contribution in [2.75, 3.05) is 39.6 Å². The number of para-hydroxylation sites is 1. The number of ether oxygens (including phenoxy) is 3. The third-order valence-corrected chi connectivity index (χ3v) is 7.20. The quantitative estimate of drug-likeness (QED) is 0.210. The van der Waals surface area contributed by atoms with E-state index in [2.05, 4.69) is 4.98 Å². The Hall–Kier alpha value is -3.08. The van der Waals surface area contributed by atoms with Gasteiger partial charge in [-0.25, -0.2) is 18.0 Å². The highest BCUT2D eigenvalue weighted by Crippen LogP contribution is 2.43. The Bertz CT molecular complexity index is 1300. The number of fused-ring (bicyclic) bond motifs is 3. The number of aromatic amines is 1. The third kappa shape index (κ3) is 8.02. The molecule has 1 aromatic heterocycles. The van der Waals surface area contributed by atoms with Crippen LogP contribution in [0.3, 0.4) is 0 Å². The van der Waals surface area contributed by atoms with E-state index in [0.717, 1.165) is 35.7 Å². The molecular weight excluding hydrogens is 537 g/mol. The Morgan fingerprint density at radius 2 is 1.73 bits per heavy atom. The molecule has 0 bridgehead atoms. The maximum atomic E-state index is 15.7. The molecule has 0 saturated heterocycles. The number of nitrogens with zero attached hydrogens (tertiary/aromatic N) is 1. The Morgan fingerprint density at radius 1 is 1.05 bits per heavy atom. The number of benzene rings is 2. The number of aliphatic carboxylic acids is 1. The molecule has 224 valence electrons. The first-order valence-corrected chi connectivity index (χ1v) is 14.1. The Kier molecular flexibility index (Phi) is 10.3. The van der Waals surface area contributed by atoms with E-state index in [0.29, 0.717) is 25.3 Å². The van der Waals surface area contributed by atoms with Gasteiger partial charge in [-0.1, -0.05) is 18.2 Å². The SMILES string of the molecule is C[C@@H]1Cc2c([nH]c3ccccc23)[C@@H](c2c(F)cc(OCCOCCCCCOCC(=O)O)cc2F)N1CC(C)(C)F. The first kappa shape index (κ1) is 30.9. The van der Waals surface area contributed by atoms with Gasteiger partial charge in [-0.15, -0.1) is 0 Å². The maximum Gasteiger partial charge on any atom is 0.329 e. The third-order valence-electron chi connectivity index (χ3n) is 7.20. The minimum atomic E-state index is -1.57. The van der Waals surface area contributed by atoms with Gasteiger partial charge in [0.25, 0.3) is 0 Å². The predicted molar refractivity (Wildman–Crippen MR) is 150 cm³/mol. The molecular formula is C31H39F3N2O5. The summed E-state index contributed by atoms with van der Waals surface area (Å²) in [6.07, 6.45) is 2.97. The zero-order valence-corrected chi connectivity index (χ0v) is 23.9. The summed E-state index contributed by atoms with van der Waals surface area (Å²) in [6.45, 7) is 5.85. The molecule has 0 aliphatic carbocycles. The number of hydrogen-bond acceptors (Lipinski definition) is 5. The second-order valence-electron chi connectivity index (χ2n) is 11.2. The van der Waals surface area contributed by atoms with Crippen molar-refractivity contribution in [1.29, 1.82) is 0 Å². The Morgan fingerprint density at radius 3 is 2.41 bits per heavy atom. The molecule has 3 aromatic rings. The van der Waals surface area contributed by atoms with Crippen LogP contribution < -0.4 is 4.74 Å². The van der Waals surface area contributed by atoms with Crippen LogP contribution in [0.4, 0.5) is 13.2 Å². The number of H-pyrrole nitrogens is 1. The Labute approximate surface area is 238 Å². The highest BCUT2D eigenvalue weighted by molar-refractivity contribution is 5.85. The molecule has 0 amide bonds. The van der Waals surface area contributed by atoms with Gasteiger partial charge in [0.2, 0.25) is 0 Å². The lowest BCUT2D eigenvalue weighted by Gasteiger charge is -2.43. The number of carboxylic acids is 1. The second-order valence-corrected chi connectivity index (χ2v) is 11.2. The summed E-state index contributed by atoms with van der Waals surface area (Å²) in [6, 6.07) is 9.14. The lowest BCUT2D eigenvalue weighted by atomic mass is 9.87. The molecule has 1 aliphatic rings. The van der Waals surface area contributed by atoms with Gasteiger partial charge in [0.15, 0.2) is 0 Å². The molecule has 10 heteroatoms. The zero-order chi connectivity index (χ0) is 29.6. The molecule has 0 fully saturated rings. The normalized spacial score (nSPS) is 17.6. The van der Waals surface area contributed by atoms with Crippen molar-refractivity contribution in [2.24, 2.45) is 0 Å². The summed E-state index contributed by atoms with van der Waals surface area (Å²) >= 11 is 0. The van der Waals surface area contributed by atoms with E-state index in [1.165, 1.54) is 26.0 Å². The topological polar surface area (TPSA) is 84.0 Å². The minimum Gasteiger partial charge on any atom is -0.491 e. The summed E-state index contributed by atoms with van der Waals surface area (Å²) in [5, 5.41) is 9.53. The summed E-state index contributed by atoms with van der Waals surface area (Å²) in [5.74, 6) is -2.44. The molecule has 0 unspecified atom stereocenters. The lowest BCUT2D eigenvalue weighted by Crippen LogP contribution is -2.48. The van der Waals surface area contributed by atoms with Crippen LogP contribution in [0.1, 0.15) is 62.9 Å².